The Hall–Kier alpha value is -4.50. The van der Waals surface area contributed by atoms with Gasteiger partial charge in [0.2, 0.25) is 6.04 Å². The lowest BCUT2D eigenvalue weighted by Crippen LogP contribution is -2.31. The second kappa shape index (κ2) is 12.3. The maximum atomic E-state index is 13.1. The van der Waals surface area contributed by atoms with Crippen LogP contribution >= 0.6 is 11.3 Å². The number of nitrogens with zero attached hydrogens (tertiary/aromatic N) is 3. The molecule has 0 aliphatic heterocycles. The van der Waals surface area contributed by atoms with Crippen molar-refractivity contribution in [3.8, 4) is 10.6 Å². The third-order valence-electron chi connectivity index (χ3n) is 6.79. The van der Waals surface area contributed by atoms with Crippen LogP contribution in [0.2, 0.25) is 0 Å². The molecule has 1 aromatic heterocycles. The minimum absolute atomic E-state index is 0.0746. The van der Waals surface area contributed by atoms with Crippen LogP contribution in [-0.2, 0) is 39.9 Å². The van der Waals surface area contributed by atoms with Crippen LogP contribution in [0.15, 0.2) is 91.6 Å². The molecule has 15 nitrogen and oxygen atoms in total. The Kier molecular flexibility index (Phi) is 8.83. The first-order chi connectivity index (χ1) is 21.9. The predicted molar refractivity (Wildman–Crippen MR) is 171 cm³/mol. The highest BCUT2D eigenvalue weighted by Gasteiger charge is 2.26. The summed E-state index contributed by atoms with van der Waals surface area (Å²) in [6.07, 6.45) is 0. The van der Waals surface area contributed by atoms with Gasteiger partial charge >= 0.3 is 0 Å². The van der Waals surface area contributed by atoms with Crippen molar-refractivity contribution < 1.29 is 48.5 Å². The molecule has 0 saturated carbocycles. The lowest BCUT2D eigenvalue weighted by molar-refractivity contribution is -0.126. The molecule has 0 radical (unpaired) electrons. The van der Waals surface area contributed by atoms with Gasteiger partial charge in [-0.2, -0.15) is 35.5 Å². The van der Waals surface area contributed by atoms with E-state index in [0.717, 1.165) is 36.5 Å². The number of amides is 1. The van der Waals surface area contributed by atoms with Gasteiger partial charge in [-0.1, -0.05) is 30.3 Å². The average molecular weight is 719 g/mol. The summed E-state index contributed by atoms with van der Waals surface area (Å²) in [6, 6.07) is 12.8. The molecule has 19 heteroatoms. The molecular weight excluding hydrogens is 697 g/mol. The first kappa shape index (κ1) is 33.9. The summed E-state index contributed by atoms with van der Waals surface area (Å²) >= 11 is 0.847. The number of azo groups is 1. The summed E-state index contributed by atoms with van der Waals surface area (Å²) < 4.78 is 102. The number of anilines is 1. The number of ketones is 1. The number of fused-ring (bicyclic) bond motifs is 2. The zero-order chi connectivity index (χ0) is 34.5. The molecule has 1 atom stereocenters. The molecule has 1 amide bonds. The molecule has 0 fully saturated rings. The minimum Gasteiger partial charge on any atom is -0.323 e. The Balaban J connectivity index is 1.51. The van der Waals surface area contributed by atoms with Crippen LogP contribution in [0.1, 0.15) is 12.5 Å². The van der Waals surface area contributed by atoms with Gasteiger partial charge in [-0.05, 0) is 55.8 Å². The number of aromatic nitrogens is 1. The van der Waals surface area contributed by atoms with Crippen molar-refractivity contribution in [2.45, 2.75) is 34.6 Å². The lowest BCUT2D eigenvalue weighted by Gasteiger charge is -2.13. The molecule has 0 spiro atoms. The summed E-state index contributed by atoms with van der Waals surface area (Å²) in [4.78, 5) is 28.3. The minimum atomic E-state index is -4.98. The highest BCUT2D eigenvalue weighted by atomic mass is 32.2. The number of rotatable bonds is 9. The van der Waals surface area contributed by atoms with Crippen LogP contribution in [0.4, 0.5) is 11.4 Å². The third kappa shape index (κ3) is 6.95. The van der Waals surface area contributed by atoms with E-state index in [-0.39, 0.29) is 47.7 Å². The zero-order valence-corrected chi connectivity index (χ0v) is 27.3. The van der Waals surface area contributed by atoms with E-state index in [9.17, 15) is 48.5 Å². The van der Waals surface area contributed by atoms with Crippen molar-refractivity contribution in [1.82, 2.24) is 4.98 Å². The monoisotopic (exact) mass is 718 g/mol. The Labute approximate surface area is 271 Å². The fourth-order valence-corrected chi connectivity index (χ4v) is 8.35. The van der Waals surface area contributed by atoms with E-state index in [1.807, 2.05) is 0 Å². The zero-order valence-electron chi connectivity index (χ0n) is 24.0. The van der Waals surface area contributed by atoms with Crippen molar-refractivity contribution in [3.63, 3.8) is 0 Å². The van der Waals surface area contributed by atoms with Gasteiger partial charge in [0.25, 0.3) is 36.3 Å². The number of thiazole rings is 1. The number of Topliss-reactive ketones (excluding diaryl/α,β-unsaturated/α-hetero) is 1. The van der Waals surface area contributed by atoms with E-state index in [4.69, 9.17) is 0 Å². The van der Waals surface area contributed by atoms with Gasteiger partial charge in [0.15, 0.2) is 5.78 Å². The number of nitrogens with one attached hydrogen (secondary N) is 1. The van der Waals surface area contributed by atoms with Crippen LogP contribution in [0, 0.1) is 6.92 Å². The second-order valence-corrected chi connectivity index (χ2v) is 15.2. The molecule has 1 unspecified atom stereocenters. The van der Waals surface area contributed by atoms with Crippen molar-refractivity contribution in [2.75, 3.05) is 5.32 Å². The number of carbonyl (C=O) groups is 2. The summed E-state index contributed by atoms with van der Waals surface area (Å²) in [5.41, 5.74) is 0.213. The third-order valence-corrected chi connectivity index (χ3v) is 10.9. The average Bonchev–Trinajstić information content (AvgIpc) is 3.39. The number of carbonyl (C=O) groups excluding carboxylic acids is 2. The fourth-order valence-electron chi connectivity index (χ4n) is 4.69. The van der Waals surface area contributed by atoms with E-state index in [2.05, 4.69) is 20.5 Å². The molecule has 0 saturated heterocycles. The van der Waals surface area contributed by atoms with Gasteiger partial charge in [-0.15, -0.1) is 11.3 Å². The van der Waals surface area contributed by atoms with Crippen LogP contribution in [0.5, 0.6) is 0 Å². The summed E-state index contributed by atoms with van der Waals surface area (Å²) in [6.45, 7) is 2.51. The van der Waals surface area contributed by atoms with Gasteiger partial charge in [-0.25, -0.2) is 4.98 Å². The number of hydrogen-bond donors (Lipinski definition) is 4. The number of aryl methyl sites for hydroxylation is 1. The van der Waals surface area contributed by atoms with E-state index >= 15 is 0 Å². The molecular formula is C28H22N4O11S4. The molecule has 0 aliphatic rings. The smallest absolute Gasteiger partial charge is 0.296 e. The highest BCUT2D eigenvalue weighted by molar-refractivity contribution is 7.86. The highest BCUT2D eigenvalue weighted by Crippen LogP contribution is 2.38. The maximum absolute atomic E-state index is 13.1. The molecule has 0 bridgehead atoms. The van der Waals surface area contributed by atoms with Gasteiger partial charge in [0, 0.05) is 22.0 Å². The van der Waals surface area contributed by atoms with Crippen molar-refractivity contribution in [1.29, 1.82) is 0 Å². The van der Waals surface area contributed by atoms with Gasteiger partial charge < -0.3 is 5.32 Å². The molecule has 1 heterocycles. The number of benzene rings is 4. The quantitative estimate of drug-likeness (QED) is 0.0908. The molecule has 5 aromatic rings. The molecule has 47 heavy (non-hydrogen) atoms. The van der Waals surface area contributed by atoms with Crippen LogP contribution < -0.4 is 5.32 Å². The first-order valence-electron chi connectivity index (χ1n) is 13.1. The normalized spacial score (nSPS) is 13.3. The molecule has 4 N–H and O–H groups in total. The van der Waals surface area contributed by atoms with Crippen LogP contribution in [0.3, 0.4) is 0 Å². The van der Waals surface area contributed by atoms with E-state index in [0.29, 0.717) is 0 Å². The Morgan fingerprint density at radius 1 is 0.830 bits per heavy atom. The van der Waals surface area contributed by atoms with Gasteiger partial charge in [0.1, 0.15) is 25.4 Å². The predicted octanol–water partition coefficient (Wildman–Crippen LogP) is 4.85. The topological polar surface area (TPSA) is 247 Å². The summed E-state index contributed by atoms with van der Waals surface area (Å²) in [5, 5.41) is 10.4. The van der Waals surface area contributed by atoms with Crippen molar-refractivity contribution in [2.24, 2.45) is 10.2 Å². The van der Waals surface area contributed by atoms with E-state index in [1.54, 1.807) is 6.07 Å². The SMILES string of the molecule is CC(=O)C(N=Nc1ccc(-c2nc3ccc(C)c(S(=O)(=O)O)c3s2)cc1S(=O)(=O)O)C(=O)Nc1ccc(S(=O)(=O)O)c2ccccc12. The number of hydrogen-bond acceptors (Lipinski definition) is 12. The van der Waals surface area contributed by atoms with E-state index < -0.39 is 63.6 Å². The molecule has 4 aromatic carbocycles. The summed E-state index contributed by atoms with van der Waals surface area (Å²) in [5.74, 6) is -1.80. The maximum Gasteiger partial charge on any atom is 0.296 e. The van der Waals surface area contributed by atoms with Crippen molar-refractivity contribution >= 4 is 85.7 Å². The second-order valence-electron chi connectivity index (χ2n) is 10.1. The largest absolute Gasteiger partial charge is 0.323 e. The molecule has 5 rings (SSSR count). The van der Waals surface area contributed by atoms with Crippen molar-refractivity contribution in [3.05, 3.63) is 72.3 Å². The fraction of sp³-hybridized carbons (Fsp3) is 0.107. The standard InChI is InChI=1S/C28H22N4O11S4/c1-14-7-9-21-25(26(14)47(41,42)43)44-28(30-21)16-8-10-20(23(13-16)46(38,39)40)31-32-24(15(2)33)27(34)29-19-11-12-22(45(35,36)37)18-6-4-3-5-17(18)19/h3-13,24H,1-2H3,(H,29,34)(H,35,36,37)(H,38,39,40)(H,41,42,43). The van der Waals surface area contributed by atoms with Crippen LogP contribution in [-0.4, -0.2) is 61.6 Å². The van der Waals surface area contributed by atoms with Gasteiger partial charge in [0.05, 0.1) is 10.2 Å². The van der Waals surface area contributed by atoms with Gasteiger partial charge in [-0.3, -0.25) is 23.2 Å². The Morgan fingerprint density at radius 2 is 1.49 bits per heavy atom. The molecule has 244 valence electrons. The Bertz CT molecular complexity index is 2490. The Morgan fingerprint density at radius 3 is 2.11 bits per heavy atom. The molecule has 0 aliphatic carbocycles. The lowest BCUT2D eigenvalue weighted by atomic mass is 10.1. The van der Waals surface area contributed by atoms with E-state index in [1.165, 1.54) is 49.4 Å². The van der Waals surface area contributed by atoms with Crippen LogP contribution in [0.25, 0.3) is 31.6 Å². The first-order valence-corrected chi connectivity index (χ1v) is 18.2. The summed E-state index contributed by atoms with van der Waals surface area (Å²) in [7, 11) is -14.2.